The predicted molar refractivity (Wildman–Crippen MR) is 70.6 cm³/mol. The molecule has 1 rings (SSSR count). The third-order valence-corrected chi connectivity index (χ3v) is 2.77. The SMILES string of the molecule is COC(=O)[C@H](C)N[C@@H](Cc1ccccc1)C(=O)OC. The molecule has 0 bridgehead atoms. The van der Waals surface area contributed by atoms with Gasteiger partial charge in [0.1, 0.15) is 12.1 Å². The van der Waals surface area contributed by atoms with E-state index >= 15 is 0 Å². The van der Waals surface area contributed by atoms with E-state index in [1.54, 1.807) is 6.92 Å². The lowest BCUT2D eigenvalue weighted by atomic mass is 10.1. The molecule has 0 aliphatic carbocycles. The Balaban J connectivity index is 2.73. The summed E-state index contributed by atoms with van der Waals surface area (Å²) in [5, 5.41) is 2.92. The fourth-order valence-electron chi connectivity index (χ4n) is 1.75. The van der Waals surface area contributed by atoms with E-state index in [9.17, 15) is 9.59 Å². The summed E-state index contributed by atoms with van der Waals surface area (Å²) in [7, 11) is 2.63. The van der Waals surface area contributed by atoms with Gasteiger partial charge < -0.3 is 9.47 Å². The van der Waals surface area contributed by atoms with Gasteiger partial charge in [0.05, 0.1) is 14.2 Å². The quantitative estimate of drug-likeness (QED) is 0.775. The van der Waals surface area contributed by atoms with E-state index in [1.807, 2.05) is 30.3 Å². The third-order valence-electron chi connectivity index (χ3n) is 2.77. The molecule has 1 N–H and O–H groups in total. The molecule has 0 unspecified atom stereocenters. The zero-order chi connectivity index (χ0) is 14.3. The first-order chi connectivity index (χ1) is 9.08. The van der Waals surface area contributed by atoms with Gasteiger partial charge in [-0.05, 0) is 18.9 Å². The Morgan fingerprint density at radius 1 is 1.11 bits per heavy atom. The van der Waals surface area contributed by atoms with Crippen LogP contribution in [0.5, 0.6) is 0 Å². The van der Waals surface area contributed by atoms with Gasteiger partial charge in [-0.25, -0.2) is 0 Å². The van der Waals surface area contributed by atoms with Gasteiger partial charge >= 0.3 is 11.9 Å². The number of esters is 2. The van der Waals surface area contributed by atoms with Gasteiger partial charge in [0.25, 0.3) is 0 Å². The molecular formula is C14H19NO4. The molecule has 5 nitrogen and oxygen atoms in total. The van der Waals surface area contributed by atoms with Gasteiger partial charge in [0, 0.05) is 0 Å². The van der Waals surface area contributed by atoms with Crippen molar-refractivity contribution in [3.63, 3.8) is 0 Å². The van der Waals surface area contributed by atoms with Crippen molar-refractivity contribution in [2.75, 3.05) is 14.2 Å². The molecule has 0 aliphatic rings. The van der Waals surface area contributed by atoms with E-state index in [1.165, 1.54) is 14.2 Å². The molecule has 0 saturated heterocycles. The number of nitrogens with one attached hydrogen (secondary N) is 1. The second kappa shape index (κ2) is 7.53. The maximum Gasteiger partial charge on any atom is 0.323 e. The highest BCUT2D eigenvalue weighted by Crippen LogP contribution is 2.05. The van der Waals surface area contributed by atoms with Crippen LogP contribution in [0.25, 0.3) is 0 Å². The van der Waals surface area contributed by atoms with Crippen LogP contribution in [-0.2, 0) is 25.5 Å². The molecule has 0 heterocycles. The lowest BCUT2D eigenvalue weighted by molar-refractivity contribution is -0.146. The normalized spacial score (nSPS) is 13.4. The van der Waals surface area contributed by atoms with E-state index < -0.39 is 24.0 Å². The minimum Gasteiger partial charge on any atom is -0.468 e. The second-order valence-electron chi connectivity index (χ2n) is 4.18. The molecule has 0 spiro atoms. The summed E-state index contributed by atoms with van der Waals surface area (Å²) >= 11 is 0. The van der Waals surface area contributed by atoms with Crippen LogP contribution in [0.1, 0.15) is 12.5 Å². The van der Waals surface area contributed by atoms with Crippen LogP contribution < -0.4 is 5.32 Å². The molecule has 0 saturated carbocycles. The summed E-state index contributed by atoms with van der Waals surface area (Å²) in [6, 6.07) is 8.38. The molecule has 0 fully saturated rings. The van der Waals surface area contributed by atoms with Crippen LogP contribution in [0.3, 0.4) is 0 Å². The first-order valence-corrected chi connectivity index (χ1v) is 6.04. The largest absolute Gasteiger partial charge is 0.468 e. The first kappa shape index (κ1) is 15.2. The van der Waals surface area contributed by atoms with Crippen LogP contribution in [0.2, 0.25) is 0 Å². The molecule has 0 aromatic heterocycles. The maximum absolute atomic E-state index is 11.7. The number of ether oxygens (including phenoxy) is 2. The van der Waals surface area contributed by atoms with Gasteiger partial charge in [-0.1, -0.05) is 30.3 Å². The Morgan fingerprint density at radius 2 is 1.68 bits per heavy atom. The monoisotopic (exact) mass is 265 g/mol. The smallest absolute Gasteiger partial charge is 0.323 e. The van der Waals surface area contributed by atoms with E-state index in [0.717, 1.165) is 5.56 Å². The lowest BCUT2D eigenvalue weighted by Crippen LogP contribution is -2.47. The Labute approximate surface area is 112 Å². The van der Waals surface area contributed by atoms with Crippen molar-refractivity contribution in [2.45, 2.75) is 25.4 Å². The summed E-state index contributed by atoms with van der Waals surface area (Å²) in [5.74, 6) is -0.818. The fraction of sp³-hybridized carbons (Fsp3) is 0.429. The molecule has 5 heteroatoms. The highest BCUT2D eigenvalue weighted by atomic mass is 16.5. The Kier molecular flexibility index (Phi) is 6.02. The Hall–Kier alpha value is -1.88. The van der Waals surface area contributed by atoms with Gasteiger partial charge in [-0.15, -0.1) is 0 Å². The van der Waals surface area contributed by atoms with E-state index in [2.05, 4.69) is 10.1 Å². The van der Waals surface area contributed by atoms with Gasteiger partial charge in [0.15, 0.2) is 0 Å². The number of hydrogen-bond acceptors (Lipinski definition) is 5. The van der Waals surface area contributed by atoms with E-state index in [4.69, 9.17) is 4.74 Å². The molecule has 1 aromatic rings. The number of benzene rings is 1. The van der Waals surface area contributed by atoms with Gasteiger partial charge in [0.2, 0.25) is 0 Å². The topological polar surface area (TPSA) is 64.6 Å². The minimum absolute atomic E-state index is 0.403. The Bertz CT molecular complexity index is 419. The minimum atomic E-state index is -0.582. The highest BCUT2D eigenvalue weighted by Gasteiger charge is 2.24. The summed E-state index contributed by atoms with van der Waals surface area (Å²) < 4.78 is 9.37. The molecule has 0 aliphatic heterocycles. The number of carbonyl (C=O) groups is 2. The van der Waals surface area contributed by atoms with Gasteiger partial charge in [-0.3, -0.25) is 14.9 Å². The molecular weight excluding hydrogens is 246 g/mol. The molecule has 0 amide bonds. The zero-order valence-electron chi connectivity index (χ0n) is 11.4. The number of hydrogen-bond donors (Lipinski definition) is 1. The van der Waals surface area contributed by atoms with Crippen LogP contribution in [-0.4, -0.2) is 38.2 Å². The van der Waals surface area contributed by atoms with E-state index in [0.29, 0.717) is 6.42 Å². The Morgan fingerprint density at radius 3 is 2.21 bits per heavy atom. The number of methoxy groups -OCH3 is 2. The zero-order valence-corrected chi connectivity index (χ0v) is 11.4. The third kappa shape index (κ3) is 4.71. The predicted octanol–water partition coefficient (Wildman–Crippen LogP) is 0.922. The van der Waals surface area contributed by atoms with Crippen molar-refractivity contribution in [1.82, 2.24) is 5.32 Å². The van der Waals surface area contributed by atoms with Crippen molar-refractivity contribution in [2.24, 2.45) is 0 Å². The number of rotatable bonds is 6. The summed E-state index contributed by atoms with van der Waals surface area (Å²) in [6.07, 6.45) is 0.453. The summed E-state index contributed by atoms with van der Waals surface area (Å²) in [6.45, 7) is 1.65. The molecule has 1 aromatic carbocycles. The van der Waals surface area contributed by atoms with Crippen LogP contribution in [0.4, 0.5) is 0 Å². The summed E-state index contributed by atoms with van der Waals surface area (Å²) in [4.78, 5) is 23.1. The molecule has 19 heavy (non-hydrogen) atoms. The van der Waals surface area contributed by atoms with Crippen LogP contribution in [0.15, 0.2) is 30.3 Å². The molecule has 104 valence electrons. The highest BCUT2D eigenvalue weighted by molar-refractivity contribution is 5.79. The molecule has 0 radical (unpaired) electrons. The summed E-state index contributed by atoms with van der Waals surface area (Å²) in [5.41, 5.74) is 0.988. The van der Waals surface area contributed by atoms with Gasteiger partial charge in [-0.2, -0.15) is 0 Å². The average molecular weight is 265 g/mol. The van der Waals surface area contributed by atoms with Crippen molar-refractivity contribution < 1.29 is 19.1 Å². The van der Waals surface area contributed by atoms with E-state index in [-0.39, 0.29) is 0 Å². The average Bonchev–Trinajstić information content (AvgIpc) is 2.45. The maximum atomic E-state index is 11.7. The van der Waals surface area contributed by atoms with Crippen molar-refractivity contribution in [3.8, 4) is 0 Å². The van der Waals surface area contributed by atoms with Crippen molar-refractivity contribution in [3.05, 3.63) is 35.9 Å². The molecule has 2 atom stereocenters. The number of carbonyl (C=O) groups excluding carboxylic acids is 2. The van der Waals surface area contributed by atoms with Crippen LogP contribution in [0, 0.1) is 0 Å². The second-order valence-corrected chi connectivity index (χ2v) is 4.18. The first-order valence-electron chi connectivity index (χ1n) is 6.04. The standard InChI is InChI=1S/C14H19NO4/c1-10(13(16)18-2)15-12(14(17)19-3)9-11-7-5-4-6-8-11/h4-8,10,12,15H,9H2,1-3H3/t10-,12-/m0/s1. The lowest BCUT2D eigenvalue weighted by Gasteiger charge is -2.20. The van der Waals surface area contributed by atoms with Crippen LogP contribution >= 0.6 is 0 Å². The van der Waals surface area contributed by atoms with Crippen molar-refractivity contribution >= 4 is 11.9 Å². The van der Waals surface area contributed by atoms with Crippen molar-refractivity contribution in [1.29, 1.82) is 0 Å². The fourth-order valence-corrected chi connectivity index (χ4v) is 1.75.